The van der Waals surface area contributed by atoms with Gasteiger partial charge < -0.3 is 13.7 Å². The summed E-state index contributed by atoms with van der Waals surface area (Å²) in [6, 6.07) is 66.0. The summed E-state index contributed by atoms with van der Waals surface area (Å²) in [5, 5.41) is 27.3. The van der Waals surface area contributed by atoms with Gasteiger partial charge in [-0.1, -0.05) is 103 Å². The second-order valence-corrected chi connectivity index (χ2v) is 14.0. The largest absolute Gasteiger partial charge is 0.309 e. The molecule has 11 rings (SSSR count). The number of fused-ring (bicyclic) bond motifs is 9. The summed E-state index contributed by atoms with van der Waals surface area (Å²) < 4.78 is 6.86. The lowest BCUT2D eigenvalue weighted by atomic mass is 10.0. The van der Waals surface area contributed by atoms with E-state index in [0.717, 1.165) is 71.8 Å². The molecule has 0 N–H and O–H groups in total. The summed E-state index contributed by atoms with van der Waals surface area (Å²) in [6.45, 7) is 0. The number of hydrogen-bond donors (Lipinski definition) is 0. The third-order valence-corrected chi connectivity index (χ3v) is 11.1. The summed E-state index contributed by atoms with van der Waals surface area (Å²) in [5.41, 5.74) is 12.6. The Morgan fingerprint density at radius 1 is 0.364 bits per heavy atom. The first-order valence-electron chi connectivity index (χ1n) is 18.3. The van der Waals surface area contributed by atoms with Crippen molar-refractivity contribution >= 4 is 65.4 Å². The molecule has 11 aromatic rings. The Kier molecular flexibility index (Phi) is 6.61. The summed E-state index contributed by atoms with van der Waals surface area (Å²) in [6.07, 6.45) is 0. The molecule has 0 aliphatic rings. The predicted octanol–water partition coefficient (Wildman–Crippen LogP) is 12.4. The van der Waals surface area contributed by atoms with Gasteiger partial charge in [-0.15, -0.1) is 0 Å². The van der Waals surface area contributed by atoms with Crippen LogP contribution in [0.25, 0.3) is 93.6 Å². The molecule has 0 radical (unpaired) electrons. The highest BCUT2D eigenvalue weighted by Gasteiger charge is 2.20. The second kappa shape index (κ2) is 11.8. The number of para-hydroxylation sites is 5. The molecule has 0 saturated heterocycles. The minimum Gasteiger partial charge on any atom is -0.309 e. The minimum absolute atomic E-state index is 0.587. The van der Waals surface area contributed by atoms with Gasteiger partial charge in [0.15, 0.2) is 0 Å². The lowest BCUT2D eigenvalue weighted by Gasteiger charge is -2.16. The van der Waals surface area contributed by atoms with Crippen molar-refractivity contribution < 1.29 is 0 Å². The van der Waals surface area contributed by atoms with E-state index in [1.54, 1.807) is 0 Å². The fourth-order valence-corrected chi connectivity index (χ4v) is 8.78. The molecule has 0 atom stereocenters. The SMILES string of the molecule is N#Cc1ccc(-c2cccc(-n3c4ccccc4c4cccc(C#N)c43)c2)c(-n2c3ccccc3c3cc(-n4c5ccccc5c5ccccc54)ccc32)c1. The Bertz CT molecular complexity index is 3420. The maximum absolute atomic E-state index is 10.2. The molecule has 3 heterocycles. The highest BCUT2D eigenvalue weighted by atomic mass is 15.0. The molecule has 55 heavy (non-hydrogen) atoms. The summed E-state index contributed by atoms with van der Waals surface area (Å²) >= 11 is 0. The van der Waals surface area contributed by atoms with Gasteiger partial charge in [0.1, 0.15) is 6.07 Å². The van der Waals surface area contributed by atoms with Crippen molar-refractivity contribution in [1.82, 2.24) is 13.7 Å². The topological polar surface area (TPSA) is 62.4 Å². The van der Waals surface area contributed by atoms with Gasteiger partial charge in [-0.05, 0) is 78.4 Å². The van der Waals surface area contributed by atoms with E-state index in [0.29, 0.717) is 11.1 Å². The Hall–Kier alpha value is -7.86. The van der Waals surface area contributed by atoms with Gasteiger partial charge in [-0.25, -0.2) is 0 Å². The Morgan fingerprint density at radius 3 is 1.58 bits per heavy atom. The number of nitriles is 2. The number of hydrogen-bond acceptors (Lipinski definition) is 2. The third-order valence-electron chi connectivity index (χ3n) is 11.1. The zero-order valence-electron chi connectivity index (χ0n) is 29.5. The van der Waals surface area contributed by atoms with E-state index in [2.05, 4.69) is 165 Å². The number of benzene rings is 8. The standard InChI is InChI=1S/C50H29N5/c51-30-32-23-25-37(33-11-9-13-35(28-33)54-46-21-7-3-16-40(46)42-18-10-12-34(31-52)50(42)54)49(27-32)55-47-22-8-4-17-41(47)43-29-36(24-26-48(43)55)53-44-19-5-1-14-38(44)39-15-2-6-20-45(39)53/h1-29H. The summed E-state index contributed by atoms with van der Waals surface area (Å²) in [7, 11) is 0. The predicted molar refractivity (Wildman–Crippen MR) is 224 cm³/mol. The van der Waals surface area contributed by atoms with Crippen LogP contribution < -0.4 is 0 Å². The van der Waals surface area contributed by atoms with Crippen LogP contribution in [0, 0.1) is 22.7 Å². The first-order valence-corrected chi connectivity index (χ1v) is 18.3. The molecule has 3 aromatic heterocycles. The molecule has 0 spiro atoms. The number of rotatable bonds is 4. The first kappa shape index (κ1) is 30.7. The molecule has 5 heteroatoms. The van der Waals surface area contributed by atoms with Gasteiger partial charge in [0.05, 0.1) is 56.0 Å². The highest BCUT2D eigenvalue weighted by molar-refractivity contribution is 6.13. The van der Waals surface area contributed by atoms with Crippen LogP contribution in [-0.4, -0.2) is 13.7 Å². The van der Waals surface area contributed by atoms with Gasteiger partial charge >= 0.3 is 0 Å². The quantitative estimate of drug-likeness (QED) is 0.184. The van der Waals surface area contributed by atoms with Gasteiger partial charge in [-0.2, -0.15) is 10.5 Å². The van der Waals surface area contributed by atoms with E-state index in [9.17, 15) is 10.5 Å². The van der Waals surface area contributed by atoms with Crippen LogP contribution in [0.15, 0.2) is 176 Å². The summed E-state index contributed by atoms with van der Waals surface area (Å²) in [5.74, 6) is 0. The van der Waals surface area contributed by atoms with Crippen LogP contribution in [0.2, 0.25) is 0 Å². The zero-order chi connectivity index (χ0) is 36.6. The van der Waals surface area contributed by atoms with Crippen molar-refractivity contribution in [3.63, 3.8) is 0 Å². The molecular formula is C50H29N5. The van der Waals surface area contributed by atoms with E-state index >= 15 is 0 Å². The highest BCUT2D eigenvalue weighted by Crippen LogP contribution is 2.40. The third kappa shape index (κ3) is 4.45. The van der Waals surface area contributed by atoms with E-state index in [4.69, 9.17) is 0 Å². The van der Waals surface area contributed by atoms with E-state index in [1.807, 2.05) is 36.4 Å². The fourth-order valence-electron chi connectivity index (χ4n) is 8.78. The van der Waals surface area contributed by atoms with Crippen molar-refractivity contribution in [3.8, 4) is 40.3 Å². The maximum atomic E-state index is 10.2. The molecule has 0 fully saturated rings. The molecule has 0 aliphatic heterocycles. The van der Waals surface area contributed by atoms with Crippen molar-refractivity contribution in [1.29, 1.82) is 10.5 Å². The second-order valence-electron chi connectivity index (χ2n) is 14.0. The van der Waals surface area contributed by atoms with Crippen LogP contribution in [0.4, 0.5) is 0 Å². The van der Waals surface area contributed by atoms with Crippen molar-refractivity contribution in [2.45, 2.75) is 0 Å². The monoisotopic (exact) mass is 699 g/mol. The van der Waals surface area contributed by atoms with Crippen LogP contribution in [0.5, 0.6) is 0 Å². The average molecular weight is 700 g/mol. The zero-order valence-corrected chi connectivity index (χ0v) is 29.5. The molecule has 5 nitrogen and oxygen atoms in total. The van der Waals surface area contributed by atoms with Crippen molar-refractivity contribution in [2.75, 3.05) is 0 Å². The minimum atomic E-state index is 0.587. The average Bonchev–Trinajstić information content (AvgIpc) is 3.89. The molecule has 8 aromatic carbocycles. The molecule has 0 amide bonds. The summed E-state index contributed by atoms with van der Waals surface area (Å²) in [4.78, 5) is 0. The Balaban J connectivity index is 1.15. The normalized spacial score (nSPS) is 11.6. The van der Waals surface area contributed by atoms with Gasteiger partial charge in [0.25, 0.3) is 0 Å². The number of nitrogens with zero attached hydrogens (tertiary/aromatic N) is 5. The van der Waals surface area contributed by atoms with Crippen molar-refractivity contribution in [2.24, 2.45) is 0 Å². The molecule has 254 valence electrons. The Labute approximate surface area is 316 Å². The molecule has 0 saturated carbocycles. The molecule has 0 unspecified atom stereocenters. The van der Waals surface area contributed by atoms with Crippen LogP contribution in [-0.2, 0) is 0 Å². The van der Waals surface area contributed by atoms with Gasteiger partial charge in [0, 0.05) is 49.3 Å². The van der Waals surface area contributed by atoms with Crippen LogP contribution in [0.1, 0.15) is 11.1 Å². The lowest BCUT2D eigenvalue weighted by Crippen LogP contribution is -2.00. The van der Waals surface area contributed by atoms with Crippen LogP contribution in [0.3, 0.4) is 0 Å². The number of aromatic nitrogens is 3. The molecule has 0 bridgehead atoms. The van der Waals surface area contributed by atoms with Crippen molar-refractivity contribution in [3.05, 3.63) is 187 Å². The molecular weight excluding hydrogens is 671 g/mol. The van der Waals surface area contributed by atoms with Gasteiger partial charge in [-0.3, -0.25) is 0 Å². The first-order chi connectivity index (χ1) is 27.2. The van der Waals surface area contributed by atoms with Gasteiger partial charge in [0.2, 0.25) is 0 Å². The molecule has 0 aliphatic carbocycles. The van der Waals surface area contributed by atoms with E-state index in [-0.39, 0.29) is 0 Å². The Morgan fingerprint density at radius 2 is 0.909 bits per heavy atom. The van der Waals surface area contributed by atoms with E-state index < -0.39 is 0 Å². The van der Waals surface area contributed by atoms with Crippen LogP contribution >= 0.6 is 0 Å². The smallest absolute Gasteiger partial charge is 0.101 e. The maximum Gasteiger partial charge on any atom is 0.101 e. The fraction of sp³-hybridized carbons (Fsp3) is 0. The lowest BCUT2D eigenvalue weighted by molar-refractivity contribution is 1.16. The van der Waals surface area contributed by atoms with E-state index in [1.165, 1.54) is 21.8 Å².